The Morgan fingerprint density at radius 1 is 1.19 bits per heavy atom. The molecule has 0 spiro atoms. The van der Waals surface area contributed by atoms with E-state index in [2.05, 4.69) is 46.4 Å². The van der Waals surface area contributed by atoms with E-state index in [4.69, 9.17) is 0 Å². The van der Waals surface area contributed by atoms with Crippen molar-refractivity contribution in [1.29, 1.82) is 0 Å². The number of nitrogens with one attached hydrogen (secondary N) is 1. The number of thiophene rings is 1. The molecular formula is C13H14ClNS. The van der Waals surface area contributed by atoms with Gasteiger partial charge in [-0.25, -0.2) is 0 Å². The fourth-order valence-corrected chi connectivity index (χ4v) is 2.93. The van der Waals surface area contributed by atoms with Gasteiger partial charge in [0.15, 0.2) is 0 Å². The van der Waals surface area contributed by atoms with E-state index in [1.54, 1.807) is 11.3 Å². The lowest BCUT2D eigenvalue weighted by Gasteiger charge is -2.26. The standard InChI is InChI=1S/C13H13NS.ClH/c1-2-4-12-10(3-1)5-7-14-13(12)11-6-8-15-9-11;/h1-4,6,8-9,13-14H,5,7H2;1H/t13-;/m0./s1. The number of rotatable bonds is 1. The molecule has 1 N–H and O–H groups in total. The highest BCUT2D eigenvalue weighted by molar-refractivity contribution is 7.08. The van der Waals surface area contributed by atoms with E-state index in [0.717, 1.165) is 13.0 Å². The van der Waals surface area contributed by atoms with Gasteiger partial charge < -0.3 is 5.32 Å². The van der Waals surface area contributed by atoms with Crippen LogP contribution in [-0.4, -0.2) is 6.54 Å². The molecule has 16 heavy (non-hydrogen) atoms. The molecule has 1 aliphatic rings. The topological polar surface area (TPSA) is 12.0 Å². The minimum absolute atomic E-state index is 0. The summed E-state index contributed by atoms with van der Waals surface area (Å²) in [4.78, 5) is 0. The molecule has 0 fully saturated rings. The molecule has 2 heterocycles. The van der Waals surface area contributed by atoms with E-state index >= 15 is 0 Å². The molecule has 3 heteroatoms. The van der Waals surface area contributed by atoms with Gasteiger partial charge in [-0.05, 0) is 39.9 Å². The summed E-state index contributed by atoms with van der Waals surface area (Å²) in [7, 11) is 0. The van der Waals surface area contributed by atoms with Crippen LogP contribution < -0.4 is 5.32 Å². The Morgan fingerprint density at radius 3 is 2.88 bits per heavy atom. The van der Waals surface area contributed by atoms with Crippen LogP contribution in [0.3, 0.4) is 0 Å². The van der Waals surface area contributed by atoms with Crippen LogP contribution in [0.2, 0.25) is 0 Å². The van der Waals surface area contributed by atoms with Gasteiger partial charge in [-0.2, -0.15) is 11.3 Å². The first kappa shape index (κ1) is 11.6. The van der Waals surface area contributed by atoms with Crippen molar-refractivity contribution in [3.8, 4) is 0 Å². The molecule has 1 aromatic heterocycles. The molecule has 2 aromatic rings. The average Bonchev–Trinajstić information content (AvgIpc) is 2.82. The Labute approximate surface area is 106 Å². The van der Waals surface area contributed by atoms with Crippen molar-refractivity contribution in [2.75, 3.05) is 6.54 Å². The van der Waals surface area contributed by atoms with Gasteiger partial charge in [0.2, 0.25) is 0 Å². The summed E-state index contributed by atoms with van der Waals surface area (Å²) in [5, 5.41) is 7.97. The first-order valence-electron chi connectivity index (χ1n) is 5.28. The van der Waals surface area contributed by atoms with Crippen molar-refractivity contribution < 1.29 is 0 Å². The van der Waals surface area contributed by atoms with Crippen LogP contribution in [0, 0.1) is 0 Å². The van der Waals surface area contributed by atoms with Gasteiger partial charge in [0, 0.05) is 6.54 Å². The molecule has 0 aliphatic carbocycles. The van der Waals surface area contributed by atoms with E-state index in [-0.39, 0.29) is 12.4 Å². The van der Waals surface area contributed by atoms with Crippen LogP contribution in [0.4, 0.5) is 0 Å². The molecule has 1 aliphatic heterocycles. The SMILES string of the molecule is Cl.c1ccc2c(c1)CCN[C@H]2c1ccsc1. The molecule has 1 atom stereocenters. The van der Waals surface area contributed by atoms with Crippen molar-refractivity contribution >= 4 is 23.7 Å². The monoisotopic (exact) mass is 251 g/mol. The van der Waals surface area contributed by atoms with Crippen LogP contribution in [0.25, 0.3) is 0 Å². The fraction of sp³-hybridized carbons (Fsp3) is 0.231. The van der Waals surface area contributed by atoms with Crippen LogP contribution in [0.15, 0.2) is 41.1 Å². The van der Waals surface area contributed by atoms with Gasteiger partial charge in [-0.1, -0.05) is 24.3 Å². The number of hydrogen-bond acceptors (Lipinski definition) is 2. The third kappa shape index (κ3) is 2.01. The van der Waals surface area contributed by atoms with E-state index < -0.39 is 0 Å². The quantitative estimate of drug-likeness (QED) is 0.819. The largest absolute Gasteiger partial charge is 0.306 e. The summed E-state index contributed by atoms with van der Waals surface area (Å²) in [5.74, 6) is 0. The predicted octanol–water partition coefficient (Wildman–Crippen LogP) is 3.41. The van der Waals surface area contributed by atoms with Gasteiger partial charge in [0.05, 0.1) is 6.04 Å². The molecule has 0 unspecified atom stereocenters. The highest BCUT2D eigenvalue weighted by Crippen LogP contribution is 2.29. The normalized spacial score (nSPS) is 18.6. The van der Waals surface area contributed by atoms with Crippen molar-refractivity contribution in [2.45, 2.75) is 12.5 Å². The predicted molar refractivity (Wildman–Crippen MR) is 71.6 cm³/mol. The Kier molecular flexibility index (Phi) is 3.64. The lowest BCUT2D eigenvalue weighted by atomic mass is 9.91. The second-order valence-electron chi connectivity index (χ2n) is 3.89. The van der Waals surface area contributed by atoms with Crippen molar-refractivity contribution in [2.24, 2.45) is 0 Å². The van der Waals surface area contributed by atoms with Crippen molar-refractivity contribution in [3.63, 3.8) is 0 Å². The zero-order chi connectivity index (χ0) is 10.1. The maximum absolute atomic E-state index is 3.58. The minimum atomic E-state index is 0. The summed E-state index contributed by atoms with van der Waals surface area (Å²) >= 11 is 1.77. The lowest BCUT2D eigenvalue weighted by molar-refractivity contribution is 0.569. The molecule has 1 nitrogen and oxygen atoms in total. The van der Waals surface area contributed by atoms with Crippen LogP contribution in [0.5, 0.6) is 0 Å². The Hall–Kier alpha value is -0.830. The van der Waals surface area contributed by atoms with Gasteiger partial charge in [-0.15, -0.1) is 12.4 Å². The molecule has 84 valence electrons. The fourth-order valence-electron chi connectivity index (χ4n) is 2.24. The Balaban J connectivity index is 0.000000963. The molecule has 0 amide bonds. The third-order valence-corrected chi connectivity index (χ3v) is 3.69. The van der Waals surface area contributed by atoms with Crippen LogP contribution in [0.1, 0.15) is 22.7 Å². The zero-order valence-corrected chi connectivity index (χ0v) is 10.5. The lowest BCUT2D eigenvalue weighted by Crippen LogP contribution is -2.30. The van der Waals surface area contributed by atoms with E-state index in [1.807, 2.05) is 0 Å². The zero-order valence-electron chi connectivity index (χ0n) is 8.85. The van der Waals surface area contributed by atoms with Gasteiger partial charge >= 0.3 is 0 Å². The summed E-state index contributed by atoms with van der Waals surface area (Å²) in [5.41, 5.74) is 4.33. The maximum Gasteiger partial charge on any atom is 0.0587 e. The van der Waals surface area contributed by atoms with Crippen LogP contribution in [-0.2, 0) is 6.42 Å². The molecule has 1 aromatic carbocycles. The Bertz CT molecular complexity index is 453. The highest BCUT2D eigenvalue weighted by Gasteiger charge is 2.20. The first-order valence-corrected chi connectivity index (χ1v) is 6.23. The van der Waals surface area contributed by atoms with E-state index in [0.29, 0.717) is 6.04 Å². The summed E-state index contributed by atoms with van der Waals surface area (Å²) < 4.78 is 0. The van der Waals surface area contributed by atoms with Crippen LogP contribution >= 0.6 is 23.7 Å². The number of fused-ring (bicyclic) bond motifs is 1. The molecule has 0 saturated carbocycles. The molecule has 0 radical (unpaired) electrons. The first-order chi connectivity index (χ1) is 7.45. The smallest absolute Gasteiger partial charge is 0.0587 e. The molecule has 0 bridgehead atoms. The van der Waals surface area contributed by atoms with Gasteiger partial charge in [-0.3, -0.25) is 0 Å². The molecule has 3 rings (SSSR count). The molecular weight excluding hydrogens is 238 g/mol. The summed E-state index contributed by atoms with van der Waals surface area (Å²) in [6, 6.07) is 11.4. The Morgan fingerprint density at radius 2 is 2.06 bits per heavy atom. The highest BCUT2D eigenvalue weighted by atomic mass is 35.5. The number of halogens is 1. The second-order valence-corrected chi connectivity index (χ2v) is 4.67. The summed E-state index contributed by atoms with van der Waals surface area (Å²) in [6.45, 7) is 1.08. The van der Waals surface area contributed by atoms with Crippen molar-refractivity contribution in [1.82, 2.24) is 5.32 Å². The number of hydrogen-bond donors (Lipinski definition) is 1. The van der Waals surface area contributed by atoms with E-state index in [9.17, 15) is 0 Å². The van der Waals surface area contributed by atoms with Gasteiger partial charge in [0.1, 0.15) is 0 Å². The maximum atomic E-state index is 3.58. The number of benzene rings is 1. The minimum Gasteiger partial charge on any atom is -0.306 e. The van der Waals surface area contributed by atoms with Gasteiger partial charge in [0.25, 0.3) is 0 Å². The molecule has 0 saturated heterocycles. The third-order valence-electron chi connectivity index (χ3n) is 2.99. The average molecular weight is 252 g/mol. The second kappa shape index (κ2) is 5.00. The van der Waals surface area contributed by atoms with Crippen molar-refractivity contribution in [3.05, 3.63) is 57.8 Å². The van der Waals surface area contributed by atoms with E-state index in [1.165, 1.54) is 16.7 Å². The summed E-state index contributed by atoms with van der Waals surface area (Å²) in [6.07, 6.45) is 1.15.